The third-order valence-corrected chi connectivity index (χ3v) is 11.1. The zero-order chi connectivity index (χ0) is 24.0. The lowest BCUT2D eigenvalue weighted by atomic mass is 9.68. The highest BCUT2D eigenvalue weighted by atomic mass is 35.5. The fourth-order valence-corrected chi connectivity index (χ4v) is 10.1. The lowest BCUT2D eigenvalue weighted by Crippen LogP contribution is -2.42. The van der Waals surface area contributed by atoms with E-state index in [-0.39, 0.29) is 57.4 Å². The molecule has 6 unspecified atom stereocenters. The summed E-state index contributed by atoms with van der Waals surface area (Å²) in [7, 11) is 1.59. The number of fused-ring (bicyclic) bond motifs is 9. The van der Waals surface area contributed by atoms with Crippen molar-refractivity contribution in [1.82, 2.24) is 4.98 Å². The summed E-state index contributed by atoms with van der Waals surface area (Å²) in [6.07, 6.45) is 0.870. The summed E-state index contributed by atoms with van der Waals surface area (Å²) in [5.74, 6) is 0.254. The first-order valence-corrected chi connectivity index (χ1v) is 13.7. The molecule has 7 rings (SSSR count). The molecule has 1 saturated heterocycles. The number of halogens is 1. The second-order valence-electron chi connectivity index (χ2n) is 9.72. The Bertz CT molecular complexity index is 1420. The van der Waals surface area contributed by atoms with Gasteiger partial charge in [-0.15, -0.1) is 11.8 Å². The standard InChI is InChI=1S/C26H21ClN2O4S2/c1-33-14-8-6-13(7-9-14)29-24(30)19-15-10-16(20(19)25(29)31)21-18(15)17(11-2-4-12(27)5-3-11)22-23(34-21)28-26(32)35-22/h2-9,15-21H,10H2,1H3,(H,28,32)/t15?,16?,17-,18?,19?,20?,21?/m1/s1. The number of nitrogens with one attached hydrogen (secondary N) is 1. The van der Waals surface area contributed by atoms with Gasteiger partial charge in [-0.25, -0.2) is 0 Å². The first kappa shape index (κ1) is 21.7. The molecule has 2 saturated carbocycles. The number of carbonyl (C=O) groups excluding carboxylic acids is 2. The van der Waals surface area contributed by atoms with Crippen LogP contribution < -0.4 is 14.5 Å². The zero-order valence-corrected chi connectivity index (χ0v) is 21.0. The number of carbonyl (C=O) groups is 2. The highest BCUT2D eigenvalue weighted by molar-refractivity contribution is 8.00. The number of rotatable bonds is 3. The van der Waals surface area contributed by atoms with Crippen LogP contribution >= 0.6 is 34.7 Å². The lowest BCUT2D eigenvalue weighted by molar-refractivity contribution is -0.123. The average molecular weight is 525 g/mol. The quantitative estimate of drug-likeness (QED) is 0.499. The minimum atomic E-state index is -0.316. The summed E-state index contributed by atoms with van der Waals surface area (Å²) < 4.78 is 5.24. The number of amides is 2. The van der Waals surface area contributed by atoms with Gasteiger partial charge in [-0.1, -0.05) is 35.1 Å². The van der Waals surface area contributed by atoms with Gasteiger partial charge in [0.1, 0.15) is 5.75 Å². The highest BCUT2D eigenvalue weighted by Gasteiger charge is 2.69. The van der Waals surface area contributed by atoms with E-state index < -0.39 is 0 Å². The van der Waals surface area contributed by atoms with E-state index in [1.54, 1.807) is 43.1 Å². The first-order valence-electron chi connectivity index (χ1n) is 11.6. The molecule has 2 aliphatic heterocycles. The number of nitrogens with zero attached hydrogens (tertiary/aromatic N) is 1. The van der Waals surface area contributed by atoms with Crippen LogP contribution in [0.15, 0.2) is 58.4 Å². The fourth-order valence-electron chi connectivity index (χ4n) is 7.05. The van der Waals surface area contributed by atoms with Crippen molar-refractivity contribution in [3.05, 3.63) is 73.7 Å². The molecule has 0 spiro atoms. The van der Waals surface area contributed by atoms with Gasteiger partial charge in [0, 0.05) is 21.1 Å². The number of hydrogen-bond donors (Lipinski definition) is 1. The Labute approximate surface area is 214 Å². The highest BCUT2D eigenvalue weighted by Crippen LogP contribution is 2.68. The SMILES string of the molecule is COc1ccc(N2C(=O)C3C4CC(C3C2=O)C2C4Sc3[nH]c(=O)sc3[C@@H]2c2ccc(Cl)cc2)cc1. The van der Waals surface area contributed by atoms with E-state index in [4.69, 9.17) is 16.3 Å². The van der Waals surface area contributed by atoms with Crippen molar-refractivity contribution in [1.29, 1.82) is 0 Å². The van der Waals surface area contributed by atoms with Gasteiger partial charge < -0.3 is 9.72 Å². The van der Waals surface area contributed by atoms with Crippen molar-refractivity contribution in [3.63, 3.8) is 0 Å². The smallest absolute Gasteiger partial charge is 0.305 e. The summed E-state index contributed by atoms with van der Waals surface area (Å²) in [6, 6.07) is 14.9. The maximum absolute atomic E-state index is 13.8. The molecule has 35 heavy (non-hydrogen) atoms. The molecule has 178 valence electrons. The van der Waals surface area contributed by atoms with Crippen molar-refractivity contribution in [2.24, 2.45) is 29.6 Å². The van der Waals surface area contributed by atoms with Crippen molar-refractivity contribution < 1.29 is 14.3 Å². The summed E-state index contributed by atoms with van der Waals surface area (Å²) in [4.78, 5) is 45.1. The Balaban J connectivity index is 1.30. The van der Waals surface area contributed by atoms with E-state index in [1.165, 1.54) is 16.2 Å². The largest absolute Gasteiger partial charge is 0.497 e. The topological polar surface area (TPSA) is 79.5 Å². The first-order chi connectivity index (χ1) is 17.0. The van der Waals surface area contributed by atoms with E-state index >= 15 is 0 Å². The van der Waals surface area contributed by atoms with E-state index in [0.29, 0.717) is 16.5 Å². The number of aromatic nitrogens is 1. The molecule has 2 aliphatic carbocycles. The van der Waals surface area contributed by atoms with Crippen molar-refractivity contribution in [2.75, 3.05) is 12.0 Å². The molecule has 1 N–H and O–H groups in total. The number of imide groups is 1. The number of aromatic amines is 1. The Morgan fingerprint density at radius 2 is 1.66 bits per heavy atom. The van der Waals surface area contributed by atoms with Crippen LogP contribution in [0.3, 0.4) is 0 Å². The summed E-state index contributed by atoms with van der Waals surface area (Å²) >= 11 is 9.14. The summed E-state index contributed by atoms with van der Waals surface area (Å²) in [5, 5.41) is 1.75. The van der Waals surface area contributed by atoms with E-state index in [0.717, 1.165) is 21.9 Å². The van der Waals surface area contributed by atoms with Crippen LogP contribution in [0.5, 0.6) is 5.75 Å². The molecule has 3 fully saturated rings. The zero-order valence-electron chi connectivity index (χ0n) is 18.6. The molecule has 4 aliphatic rings. The molecule has 2 aromatic carbocycles. The van der Waals surface area contributed by atoms with Crippen molar-refractivity contribution in [3.8, 4) is 5.75 Å². The number of anilines is 1. The number of methoxy groups -OCH3 is 1. The average Bonchev–Trinajstić information content (AvgIpc) is 3.59. The number of thioether (sulfide) groups is 1. The second-order valence-corrected chi connectivity index (χ2v) is 12.4. The van der Waals surface area contributed by atoms with Gasteiger partial charge in [-0.2, -0.15) is 0 Å². The Morgan fingerprint density at radius 3 is 2.34 bits per heavy atom. The molecular formula is C26H21ClN2O4S2. The summed E-state index contributed by atoms with van der Waals surface area (Å²) in [6.45, 7) is 0. The van der Waals surface area contributed by atoms with E-state index in [9.17, 15) is 14.4 Å². The number of ether oxygens (including phenoxy) is 1. The third kappa shape index (κ3) is 2.99. The maximum atomic E-state index is 13.8. The Morgan fingerprint density at radius 1 is 0.971 bits per heavy atom. The predicted molar refractivity (Wildman–Crippen MR) is 135 cm³/mol. The molecule has 0 radical (unpaired) electrons. The van der Waals surface area contributed by atoms with Gasteiger partial charge in [-0.3, -0.25) is 19.3 Å². The number of thiazole rings is 1. The fraction of sp³-hybridized carbons (Fsp3) is 0.346. The molecule has 7 atom stereocenters. The van der Waals surface area contributed by atoms with Crippen LogP contribution in [0.25, 0.3) is 0 Å². The maximum Gasteiger partial charge on any atom is 0.305 e. The van der Waals surface area contributed by atoms with Gasteiger partial charge >= 0.3 is 4.87 Å². The lowest BCUT2D eigenvalue weighted by Gasteiger charge is -2.43. The van der Waals surface area contributed by atoms with Crippen LogP contribution in [0.2, 0.25) is 5.02 Å². The van der Waals surface area contributed by atoms with Crippen molar-refractivity contribution >= 4 is 52.2 Å². The van der Waals surface area contributed by atoms with Gasteiger partial charge in [0.25, 0.3) is 0 Å². The van der Waals surface area contributed by atoms with Gasteiger partial charge in [0.2, 0.25) is 11.8 Å². The molecule has 2 amide bonds. The number of H-pyrrole nitrogens is 1. The Hall–Kier alpha value is -2.55. The van der Waals surface area contributed by atoms with Crippen LogP contribution in [0.1, 0.15) is 22.8 Å². The third-order valence-electron chi connectivity index (χ3n) is 8.28. The van der Waals surface area contributed by atoms with Gasteiger partial charge in [0.15, 0.2) is 0 Å². The van der Waals surface area contributed by atoms with Gasteiger partial charge in [-0.05, 0) is 66.1 Å². The normalized spacial score (nSPS) is 32.5. The Kier molecular flexibility index (Phi) is 4.79. The number of hydrogen-bond acceptors (Lipinski definition) is 6. The van der Waals surface area contributed by atoms with Crippen LogP contribution in [0, 0.1) is 29.6 Å². The molecule has 3 aromatic rings. The molecule has 3 heterocycles. The van der Waals surface area contributed by atoms with E-state index in [2.05, 4.69) is 4.98 Å². The van der Waals surface area contributed by atoms with Gasteiger partial charge in [0.05, 0.1) is 29.7 Å². The predicted octanol–water partition coefficient (Wildman–Crippen LogP) is 4.78. The van der Waals surface area contributed by atoms with Crippen molar-refractivity contribution in [2.45, 2.75) is 22.6 Å². The second kappa shape index (κ2) is 7.72. The van der Waals surface area contributed by atoms with E-state index in [1.807, 2.05) is 24.3 Å². The monoisotopic (exact) mass is 524 g/mol. The molecule has 9 heteroatoms. The number of benzene rings is 2. The molecular weight excluding hydrogens is 504 g/mol. The molecule has 6 nitrogen and oxygen atoms in total. The van der Waals surface area contributed by atoms with Crippen LogP contribution in [-0.2, 0) is 9.59 Å². The minimum absolute atomic E-state index is 0.00588. The molecule has 1 aromatic heterocycles. The minimum Gasteiger partial charge on any atom is -0.497 e. The van der Waals surface area contributed by atoms with Crippen LogP contribution in [0.4, 0.5) is 5.69 Å². The summed E-state index contributed by atoms with van der Waals surface area (Å²) in [5.41, 5.74) is 1.71. The van der Waals surface area contributed by atoms with Crippen LogP contribution in [-0.4, -0.2) is 29.2 Å². The molecule has 2 bridgehead atoms.